The summed E-state index contributed by atoms with van der Waals surface area (Å²) >= 11 is 5.90. The van der Waals surface area contributed by atoms with Crippen LogP contribution in [0.25, 0.3) is 17.1 Å². The lowest BCUT2D eigenvalue weighted by atomic mass is 9.81. The largest absolute Gasteiger partial charge is 0.416 e. The van der Waals surface area contributed by atoms with Crippen molar-refractivity contribution in [1.29, 1.82) is 0 Å². The number of hydrogen-bond donors (Lipinski definition) is 2. The molecule has 3 heterocycles. The van der Waals surface area contributed by atoms with Crippen molar-refractivity contribution in [2.75, 3.05) is 5.32 Å². The average Bonchev–Trinajstić information content (AvgIpc) is 3.48. The highest BCUT2D eigenvalue weighted by Crippen LogP contribution is 2.43. The zero-order valence-corrected chi connectivity index (χ0v) is 21.5. The van der Waals surface area contributed by atoms with Crippen LogP contribution >= 0.6 is 11.6 Å². The van der Waals surface area contributed by atoms with Gasteiger partial charge in [0.1, 0.15) is 18.6 Å². The number of nitrogens with one attached hydrogen (secondary N) is 1. The van der Waals surface area contributed by atoms with E-state index in [0.29, 0.717) is 9.59 Å². The van der Waals surface area contributed by atoms with Gasteiger partial charge in [0.2, 0.25) is 11.8 Å². The number of pyridine rings is 1. The fraction of sp³-hybridized carbons (Fsp3) is 0.333. The van der Waals surface area contributed by atoms with Crippen molar-refractivity contribution in [2.24, 2.45) is 5.92 Å². The first-order chi connectivity index (χ1) is 19.3. The molecule has 1 unspecified atom stereocenters. The van der Waals surface area contributed by atoms with Crippen LogP contribution in [0.5, 0.6) is 0 Å². The van der Waals surface area contributed by atoms with E-state index in [9.17, 15) is 36.6 Å². The SMILES string of the molecule is O=C(Nc1ccncc1-n1cnc(Cn2nc(-c3ccc(Cl)cc3)n(CC(O)C(F)(F)F)c2=O)n1)C1CC(F)(F)C1. The van der Waals surface area contributed by atoms with Crippen LogP contribution in [0.1, 0.15) is 18.7 Å². The van der Waals surface area contributed by atoms with E-state index in [1.54, 1.807) is 0 Å². The first-order valence-corrected chi connectivity index (χ1v) is 12.4. The van der Waals surface area contributed by atoms with E-state index in [2.05, 4.69) is 25.5 Å². The molecule has 11 nitrogen and oxygen atoms in total. The lowest BCUT2D eigenvalue weighted by molar-refractivity contribution is -0.207. The lowest BCUT2D eigenvalue weighted by Gasteiger charge is -2.33. The van der Waals surface area contributed by atoms with E-state index in [4.69, 9.17) is 11.6 Å². The topological polar surface area (TPSA) is 133 Å². The molecule has 1 saturated carbocycles. The molecule has 0 radical (unpaired) electrons. The fourth-order valence-corrected chi connectivity index (χ4v) is 4.30. The Labute approximate surface area is 232 Å². The van der Waals surface area contributed by atoms with E-state index >= 15 is 0 Å². The second-order valence-corrected chi connectivity index (χ2v) is 9.82. The Morgan fingerprint density at radius 1 is 1.17 bits per heavy atom. The highest BCUT2D eigenvalue weighted by molar-refractivity contribution is 6.30. The third-order valence-corrected chi connectivity index (χ3v) is 6.61. The zero-order valence-electron chi connectivity index (χ0n) is 20.8. The molecular weight excluding hydrogens is 579 g/mol. The van der Waals surface area contributed by atoms with Crippen LogP contribution in [-0.2, 0) is 17.9 Å². The van der Waals surface area contributed by atoms with Gasteiger partial charge in [0.25, 0.3) is 0 Å². The van der Waals surface area contributed by atoms with E-state index in [0.717, 1.165) is 4.68 Å². The minimum Gasteiger partial charge on any atom is -0.382 e. The van der Waals surface area contributed by atoms with E-state index in [1.165, 1.54) is 53.7 Å². The number of benzene rings is 1. The van der Waals surface area contributed by atoms with Crippen molar-refractivity contribution < 1.29 is 31.9 Å². The van der Waals surface area contributed by atoms with Crippen molar-refractivity contribution in [3.8, 4) is 17.1 Å². The molecule has 41 heavy (non-hydrogen) atoms. The molecule has 17 heteroatoms. The second kappa shape index (κ2) is 10.7. The van der Waals surface area contributed by atoms with Gasteiger partial charge < -0.3 is 10.4 Å². The van der Waals surface area contributed by atoms with Crippen molar-refractivity contribution in [2.45, 2.75) is 44.1 Å². The van der Waals surface area contributed by atoms with E-state index in [1.807, 2.05) is 0 Å². The number of carbonyl (C=O) groups excluding carboxylic acids is 1. The van der Waals surface area contributed by atoms with Crippen LogP contribution in [0.15, 0.2) is 53.8 Å². The molecule has 4 aromatic rings. The molecule has 0 spiro atoms. The van der Waals surface area contributed by atoms with E-state index in [-0.39, 0.29) is 35.1 Å². The highest BCUT2D eigenvalue weighted by Gasteiger charge is 2.48. The molecule has 0 aliphatic heterocycles. The minimum atomic E-state index is -4.98. The van der Waals surface area contributed by atoms with Crippen LogP contribution < -0.4 is 11.0 Å². The summed E-state index contributed by atoms with van der Waals surface area (Å²) in [6.45, 7) is -1.46. The van der Waals surface area contributed by atoms with Crippen LogP contribution in [0.2, 0.25) is 5.02 Å². The maximum Gasteiger partial charge on any atom is 0.416 e. The van der Waals surface area contributed by atoms with Crippen LogP contribution in [0.3, 0.4) is 0 Å². The summed E-state index contributed by atoms with van der Waals surface area (Å²) in [5, 5.41) is 21.0. The van der Waals surface area contributed by atoms with Crippen LogP contribution in [-0.4, -0.2) is 63.3 Å². The van der Waals surface area contributed by atoms with E-state index < -0.39 is 55.1 Å². The van der Waals surface area contributed by atoms with Gasteiger partial charge in [-0.05, 0) is 30.3 Å². The summed E-state index contributed by atoms with van der Waals surface area (Å²) in [7, 11) is 0. The molecule has 5 rings (SSSR count). The summed E-state index contributed by atoms with van der Waals surface area (Å²) in [5.41, 5.74) is -0.206. The monoisotopic (exact) mass is 598 g/mol. The smallest absolute Gasteiger partial charge is 0.382 e. The molecule has 2 N–H and O–H groups in total. The fourth-order valence-electron chi connectivity index (χ4n) is 4.17. The normalized spacial score (nSPS) is 15.9. The molecule has 216 valence electrons. The Hall–Kier alpha value is -4.18. The number of anilines is 1. The van der Waals surface area contributed by atoms with Gasteiger partial charge in [-0.15, -0.1) is 10.2 Å². The van der Waals surface area contributed by atoms with Crippen LogP contribution in [0.4, 0.5) is 27.6 Å². The lowest BCUT2D eigenvalue weighted by Crippen LogP contribution is -2.42. The molecule has 1 aromatic carbocycles. The van der Waals surface area contributed by atoms with Gasteiger partial charge in [0.05, 0.1) is 18.4 Å². The van der Waals surface area contributed by atoms with Gasteiger partial charge in [0.15, 0.2) is 17.8 Å². The number of aromatic nitrogens is 7. The Kier molecular flexibility index (Phi) is 7.37. The average molecular weight is 599 g/mol. The molecule has 1 aliphatic carbocycles. The molecule has 1 fully saturated rings. The summed E-state index contributed by atoms with van der Waals surface area (Å²) < 4.78 is 68.4. The quantitative estimate of drug-likeness (QED) is 0.297. The number of hydrogen-bond acceptors (Lipinski definition) is 7. The molecule has 1 amide bonds. The van der Waals surface area contributed by atoms with Gasteiger partial charge in [0, 0.05) is 35.5 Å². The summed E-state index contributed by atoms with van der Waals surface area (Å²) in [5.74, 6) is -4.42. The first kappa shape index (κ1) is 28.4. The molecule has 1 aliphatic rings. The molecule has 0 bridgehead atoms. The van der Waals surface area contributed by atoms with Crippen molar-refractivity contribution in [3.63, 3.8) is 0 Å². The molecular formula is C24H20ClF5N8O3. The van der Waals surface area contributed by atoms with Gasteiger partial charge in [-0.3, -0.25) is 14.3 Å². The summed E-state index contributed by atoms with van der Waals surface area (Å²) in [4.78, 5) is 33.6. The Morgan fingerprint density at radius 3 is 2.54 bits per heavy atom. The Morgan fingerprint density at radius 2 is 1.88 bits per heavy atom. The first-order valence-electron chi connectivity index (χ1n) is 12.0. The Balaban J connectivity index is 1.41. The van der Waals surface area contributed by atoms with Gasteiger partial charge in [-0.25, -0.2) is 27.9 Å². The van der Waals surface area contributed by atoms with Crippen LogP contribution in [0, 0.1) is 5.92 Å². The van der Waals surface area contributed by atoms with Gasteiger partial charge in [-0.1, -0.05) is 11.6 Å². The zero-order chi connectivity index (χ0) is 29.5. The minimum absolute atomic E-state index is 0.0236. The van der Waals surface area contributed by atoms with Crippen molar-refractivity contribution in [1.82, 2.24) is 34.1 Å². The third kappa shape index (κ3) is 6.12. The summed E-state index contributed by atoms with van der Waals surface area (Å²) in [6.07, 6.45) is -4.93. The number of nitrogens with zero attached hydrogens (tertiary/aromatic N) is 7. The summed E-state index contributed by atoms with van der Waals surface area (Å²) in [6, 6.07) is 7.30. The number of carbonyl (C=O) groups is 1. The van der Waals surface area contributed by atoms with Crippen molar-refractivity contribution in [3.05, 3.63) is 70.4 Å². The van der Waals surface area contributed by atoms with Gasteiger partial charge in [-0.2, -0.15) is 13.2 Å². The number of halogens is 6. The predicted octanol–water partition coefficient (Wildman–Crippen LogP) is 3.30. The van der Waals surface area contributed by atoms with Gasteiger partial charge >= 0.3 is 11.9 Å². The standard InChI is InChI=1S/C24H20ClF5N8O3/c25-15-3-1-13(2-4-15)20-35-37(22(41)36(20)10-18(39)24(28,29)30)11-19-32-12-38(34-19)17-9-31-6-5-16(17)33-21(40)14-7-23(26,27)8-14/h1-6,9,12,14,18,39H,7-8,10-11H2,(H,31,33,40). The number of rotatable bonds is 8. The molecule has 0 saturated heterocycles. The highest BCUT2D eigenvalue weighted by atomic mass is 35.5. The maximum absolute atomic E-state index is 13.2. The molecule has 3 aromatic heterocycles. The van der Waals surface area contributed by atoms with Crippen molar-refractivity contribution >= 4 is 23.2 Å². The third-order valence-electron chi connectivity index (χ3n) is 6.35. The maximum atomic E-state index is 13.2. The predicted molar refractivity (Wildman–Crippen MR) is 134 cm³/mol. The second-order valence-electron chi connectivity index (χ2n) is 9.39. The number of aliphatic hydroxyl groups is 1. The number of alkyl halides is 5. The Bertz CT molecular complexity index is 1630. The number of aliphatic hydroxyl groups excluding tert-OH is 1. The number of amides is 1. The molecule has 1 atom stereocenters.